The number of amides is 1. The molecule has 4 saturated carbocycles. The molecule has 0 aliphatic heterocycles. The monoisotopic (exact) mass is 369 g/mol. The Morgan fingerprint density at radius 1 is 1.07 bits per heavy atom. The third-order valence-electron chi connectivity index (χ3n) is 6.76. The van der Waals surface area contributed by atoms with Crippen molar-refractivity contribution in [2.24, 2.45) is 23.2 Å². The number of allylic oxidation sites excluding steroid dienone is 2. The molecule has 27 heavy (non-hydrogen) atoms. The summed E-state index contributed by atoms with van der Waals surface area (Å²) in [6.07, 6.45) is 6.89. The number of halogens is 1. The molecule has 0 heterocycles. The molecule has 0 radical (unpaired) electrons. The molecule has 1 aromatic rings. The molecular weight excluding hydrogens is 337 g/mol. The quantitative estimate of drug-likeness (QED) is 0.718. The molecule has 1 unspecified atom stereocenters. The van der Waals surface area contributed by atoms with Gasteiger partial charge in [0.05, 0.1) is 6.04 Å². The predicted molar refractivity (Wildman–Crippen MR) is 108 cm³/mol. The van der Waals surface area contributed by atoms with Crippen LogP contribution in [0, 0.1) is 23.2 Å². The Morgan fingerprint density at radius 2 is 1.63 bits per heavy atom. The lowest BCUT2D eigenvalue weighted by atomic mass is 9.52. The van der Waals surface area contributed by atoms with Gasteiger partial charge in [-0.15, -0.1) is 0 Å². The number of carbonyl (C=O) groups is 1. The zero-order chi connectivity index (χ0) is 19.4. The highest BCUT2D eigenvalue weighted by Crippen LogP contribution is 2.57. The van der Waals surface area contributed by atoms with Crippen LogP contribution in [0.4, 0.5) is 4.39 Å². The fraction of sp³-hybridized carbons (Fsp3) is 0.625. The lowest BCUT2D eigenvalue weighted by Crippen LogP contribution is -2.64. The van der Waals surface area contributed by atoms with Gasteiger partial charge in [0.2, 0.25) is 0 Å². The van der Waals surface area contributed by atoms with Crippen molar-refractivity contribution in [3.8, 4) is 0 Å². The van der Waals surface area contributed by atoms with Crippen molar-refractivity contribution in [2.75, 3.05) is 0 Å². The average Bonchev–Trinajstić information content (AvgIpc) is 2.55. The maximum Gasteiger partial charge on any atom is 0.251 e. The van der Waals surface area contributed by atoms with Crippen LogP contribution in [0.25, 0.3) is 5.57 Å². The van der Waals surface area contributed by atoms with Crippen LogP contribution in [0.1, 0.15) is 75.7 Å². The van der Waals surface area contributed by atoms with E-state index in [0.29, 0.717) is 36.2 Å². The van der Waals surface area contributed by atoms with Crippen molar-refractivity contribution in [2.45, 2.75) is 71.5 Å². The lowest BCUT2D eigenvalue weighted by molar-refractivity contribution is -0.0987. The second-order valence-corrected chi connectivity index (χ2v) is 10.4. The van der Waals surface area contributed by atoms with E-state index in [0.717, 1.165) is 18.4 Å². The smallest absolute Gasteiger partial charge is 0.251 e. The molecule has 1 aromatic carbocycles. The highest BCUT2D eigenvalue weighted by Gasteiger charge is 2.58. The SMILES string of the molecule is C/C(=C\C(C)(C)C)c1ccc(C(=O)NC2C3C[C@H]4C[C@H](C3)CC2(F)C4)cc1. The summed E-state index contributed by atoms with van der Waals surface area (Å²) in [5.41, 5.74) is 1.89. The number of rotatable bonds is 3. The fourth-order valence-corrected chi connectivity index (χ4v) is 6.03. The average molecular weight is 370 g/mol. The molecule has 3 atom stereocenters. The second kappa shape index (κ2) is 6.46. The Morgan fingerprint density at radius 3 is 2.15 bits per heavy atom. The van der Waals surface area contributed by atoms with E-state index < -0.39 is 5.67 Å². The zero-order valence-electron chi connectivity index (χ0n) is 17.0. The Bertz CT molecular complexity index is 744. The van der Waals surface area contributed by atoms with E-state index in [4.69, 9.17) is 0 Å². The first-order valence-electron chi connectivity index (χ1n) is 10.4. The molecular formula is C24H32FNO. The molecule has 2 nitrogen and oxygen atoms in total. The summed E-state index contributed by atoms with van der Waals surface area (Å²) in [5, 5.41) is 3.08. The Hall–Kier alpha value is -1.64. The van der Waals surface area contributed by atoms with Crippen LogP contribution in [0.5, 0.6) is 0 Å². The third-order valence-corrected chi connectivity index (χ3v) is 6.76. The molecule has 1 N–H and O–H groups in total. The van der Waals surface area contributed by atoms with Crippen LogP contribution in [-0.2, 0) is 0 Å². The number of hydrogen-bond acceptors (Lipinski definition) is 1. The maximum absolute atomic E-state index is 15.5. The van der Waals surface area contributed by atoms with Crippen LogP contribution in [0.15, 0.2) is 30.3 Å². The number of hydrogen-bond donors (Lipinski definition) is 1. The molecule has 4 bridgehead atoms. The van der Waals surface area contributed by atoms with Gasteiger partial charge in [-0.05, 0) is 85.5 Å². The van der Waals surface area contributed by atoms with E-state index >= 15 is 4.39 Å². The molecule has 1 amide bonds. The van der Waals surface area contributed by atoms with Crippen molar-refractivity contribution < 1.29 is 9.18 Å². The van der Waals surface area contributed by atoms with Gasteiger partial charge < -0.3 is 5.32 Å². The van der Waals surface area contributed by atoms with Gasteiger partial charge in [-0.25, -0.2) is 4.39 Å². The molecule has 3 heteroatoms. The largest absolute Gasteiger partial charge is 0.346 e. The van der Waals surface area contributed by atoms with E-state index in [-0.39, 0.29) is 17.4 Å². The van der Waals surface area contributed by atoms with Crippen molar-refractivity contribution >= 4 is 11.5 Å². The van der Waals surface area contributed by atoms with Crippen molar-refractivity contribution in [1.29, 1.82) is 0 Å². The Kier molecular flexibility index (Phi) is 4.48. The third kappa shape index (κ3) is 3.70. The number of alkyl halides is 1. The van der Waals surface area contributed by atoms with E-state index in [2.05, 4.69) is 39.1 Å². The van der Waals surface area contributed by atoms with Gasteiger partial charge in [0.1, 0.15) is 5.67 Å². The van der Waals surface area contributed by atoms with Gasteiger partial charge in [0, 0.05) is 5.56 Å². The zero-order valence-corrected chi connectivity index (χ0v) is 17.0. The standard InChI is InChI=1S/C24H32FNO/c1-15(12-23(2,3)4)18-5-7-19(8-6-18)22(27)26-21-20-10-16-9-17(11-20)14-24(21,25)13-16/h5-8,12,16-17,20-21H,9-11,13-14H2,1-4H3,(H,26,27)/b15-12+/t16-,17-,20?,21?,24?/m1/s1. The minimum absolute atomic E-state index is 0.120. The topological polar surface area (TPSA) is 29.1 Å². The summed E-state index contributed by atoms with van der Waals surface area (Å²) in [7, 11) is 0. The molecule has 0 aromatic heterocycles. The van der Waals surface area contributed by atoms with E-state index in [1.165, 1.54) is 12.0 Å². The first-order valence-corrected chi connectivity index (χ1v) is 10.4. The van der Waals surface area contributed by atoms with Crippen molar-refractivity contribution in [1.82, 2.24) is 5.32 Å². The Balaban J connectivity index is 1.47. The minimum Gasteiger partial charge on any atom is -0.346 e. The number of benzene rings is 1. The van der Waals surface area contributed by atoms with Gasteiger partial charge in [0.15, 0.2) is 0 Å². The summed E-state index contributed by atoms with van der Waals surface area (Å²) in [4.78, 5) is 12.8. The van der Waals surface area contributed by atoms with E-state index in [1.807, 2.05) is 24.3 Å². The van der Waals surface area contributed by atoms with Gasteiger partial charge in [-0.3, -0.25) is 4.79 Å². The highest BCUT2D eigenvalue weighted by molar-refractivity contribution is 5.94. The Labute approximate surface area is 162 Å². The summed E-state index contributed by atoms with van der Waals surface area (Å²) in [6.45, 7) is 8.63. The first-order chi connectivity index (χ1) is 12.6. The predicted octanol–water partition coefficient (Wildman–Crippen LogP) is 5.78. The van der Waals surface area contributed by atoms with Gasteiger partial charge in [0.25, 0.3) is 5.91 Å². The summed E-state index contributed by atoms with van der Waals surface area (Å²) in [5.74, 6) is 1.27. The van der Waals surface area contributed by atoms with Crippen LogP contribution < -0.4 is 5.32 Å². The lowest BCUT2D eigenvalue weighted by Gasteiger charge is -2.57. The van der Waals surface area contributed by atoms with E-state index in [9.17, 15) is 4.79 Å². The van der Waals surface area contributed by atoms with Crippen LogP contribution in [-0.4, -0.2) is 17.6 Å². The number of carbonyl (C=O) groups excluding carboxylic acids is 1. The molecule has 4 aliphatic carbocycles. The molecule has 4 aliphatic rings. The second-order valence-electron chi connectivity index (χ2n) is 10.4. The van der Waals surface area contributed by atoms with Crippen LogP contribution in [0.2, 0.25) is 0 Å². The molecule has 146 valence electrons. The number of nitrogens with one attached hydrogen (secondary N) is 1. The van der Waals surface area contributed by atoms with Crippen molar-refractivity contribution in [3.05, 3.63) is 41.5 Å². The van der Waals surface area contributed by atoms with E-state index in [1.54, 1.807) is 0 Å². The molecule has 0 spiro atoms. The minimum atomic E-state index is -1.18. The van der Waals surface area contributed by atoms with Gasteiger partial charge in [-0.2, -0.15) is 0 Å². The van der Waals surface area contributed by atoms with Crippen LogP contribution in [0.3, 0.4) is 0 Å². The molecule has 5 rings (SSSR count). The van der Waals surface area contributed by atoms with Gasteiger partial charge >= 0.3 is 0 Å². The van der Waals surface area contributed by atoms with Crippen LogP contribution >= 0.6 is 0 Å². The summed E-state index contributed by atoms with van der Waals surface area (Å²) < 4.78 is 15.5. The molecule has 4 fully saturated rings. The van der Waals surface area contributed by atoms with Gasteiger partial charge in [-0.1, -0.05) is 39.0 Å². The summed E-state index contributed by atoms with van der Waals surface area (Å²) >= 11 is 0. The maximum atomic E-state index is 15.5. The first kappa shape index (κ1) is 18.7. The summed E-state index contributed by atoms with van der Waals surface area (Å²) in [6, 6.07) is 7.42. The normalized spacial score (nSPS) is 35.4. The molecule has 0 saturated heterocycles. The highest BCUT2D eigenvalue weighted by atomic mass is 19.1. The fourth-order valence-electron chi connectivity index (χ4n) is 6.03. The van der Waals surface area contributed by atoms with Crippen molar-refractivity contribution in [3.63, 3.8) is 0 Å².